The highest BCUT2D eigenvalue weighted by atomic mass is 32.2. The number of rotatable bonds is 7. The lowest BCUT2D eigenvalue weighted by atomic mass is 9.77. The molecule has 5 aromatic rings. The molecule has 7 heteroatoms. The van der Waals surface area contributed by atoms with Crippen LogP contribution in [0.15, 0.2) is 131 Å². The van der Waals surface area contributed by atoms with Gasteiger partial charge in [0.25, 0.3) is 5.91 Å². The Hall–Kier alpha value is -4.88. The lowest BCUT2D eigenvalue weighted by Crippen LogP contribution is -2.43. The lowest BCUT2D eigenvalue weighted by Gasteiger charge is -2.38. The van der Waals surface area contributed by atoms with Crippen LogP contribution in [0.1, 0.15) is 74.2 Å². The van der Waals surface area contributed by atoms with Crippen molar-refractivity contribution in [3.05, 3.63) is 149 Å². The second-order valence-corrected chi connectivity index (χ2v) is 16.2. The third kappa shape index (κ3) is 5.99. The van der Waals surface area contributed by atoms with Gasteiger partial charge in [-0.15, -0.1) is 0 Å². The molecule has 0 saturated heterocycles. The minimum absolute atomic E-state index is 0.0545. The monoisotopic (exact) mass is 659 g/mol. The lowest BCUT2D eigenvalue weighted by molar-refractivity contribution is 0.0736. The van der Waals surface area contributed by atoms with E-state index in [-0.39, 0.29) is 26.7 Å². The number of benzene rings is 5. The highest BCUT2D eigenvalue weighted by molar-refractivity contribution is 7.91. The third-order valence-electron chi connectivity index (χ3n) is 8.72. The van der Waals surface area contributed by atoms with Gasteiger partial charge in [0.2, 0.25) is 9.84 Å². The van der Waals surface area contributed by atoms with E-state index in [1.165, 1.54) is 0 Å². The quantitative estimate of drug-likeness (QED) is 0.174. The Morgan fingerprint density at radius 3 is 1.56 bits per heavy atom. The van der Waals surface area contributed by atoms with Crippen LogP contribution in [0.5, 0.6) is 17.2 Å². The molecule has 1 heterocycles. The van der Waals surface area contributed by atoms with Crippen LogP contribution in [0.25, 0.3) is 0 Å². The minimum atomic E-state index is -3.68. The Labute approximate surface area is 283 Å². The summed E-state index contributed by atoms with van der Waals surface area (Å²) in [7, 11) is -1.85. The van der Waals surface area contributed by atoms with Gasteiger partial charge in [-0.05, 0) is 115 Å². The molecule has 48 heavy (non-hydrogen) atoms. The fourth-order valence-corrected chi connectivity index (χ4v) is 7.60. The third-order valence-corrected chi connectivity index (χ3v) is 10.5. The normalized spacial score (nSPS) is 16.5. The van der Waals surface area contributed by atoms with Gasteiger partial charge >= 0.3 is 0 Å². The Morgan fingerprint density at radius 1 is 0.604 bits per heavy atom. The van der Waals surface area contributed by atoms with Crippen molar-refractivity contribution in [3.63, 3.8) is 0 Å². The summed E-state index contributed by atoms with van der Waals surface area (Å²) in [5.74, 6) is 1.78. The van der Waals surface area contributed by atoms with E-state index in [2.05, 4.69) is 20.8 Å². The van der Waals surface area contributed by atoms with Crippen LogP contribution in [0.2, 0.25) is 0 Å². The highest BCUT2D eigenvalue weighted by Gasteiger charge is 2.50. The number of sulfone groups is 1. The molecule has 0 N–H and O–H groups in total. The molecule has 1 aliphatic rings. The van der Waals surface area contributed by atoms with E-state index < -0.39 is 15.4 Å². The molecule has 0 spiro atoms. The van der Waals surface area contributed by atoms with Gasteiger partial charge < -0.3 is 14.4 Å². The van der Waals surface area contributed by atoms with Gasteiger partial charge in [-0.3, -0.25) is 4.79 Å². The van der Waals surface area contributed by atoms with Crippen molar-refractivity contribution in [3.8, 4) is 17.2 Å². The van der Waals surface area contributed by atoms with E-state index in [1.807, 2.05) is 113 Å². The molecule has 246 valence electrons. The van der Waals surface area contributed by atoms with E-state index in [1.54, 1.807) is 41.3 Å². The van der Waals surface area contributed by atoms with E-state index in [4.69, 9.17) is 9.47 Å². The van der Waals surface area contributed by atoms with Gasteiger partial charge in [-0.1, -0.05) is 75.4 Å². The van der Waals surface area contributed by atoms with Gasteiger partial charge in [-0.25, -0.2) is 8.42 Å². The predicted molar refractivity (Wildman–Crippen MR) is 189 cm³/mol. The van der Waals surface area contributed by atoms with Gasteiger partial charge in [-0.2, -0.15) is 0 Å². The molecular formula is C41H41NO5S. The first-order valence-electron chi connectivity index (χ1n) is 16.0. The Morgan fingerprint density at radius 2 is 1.06 bits per heavy atom. The fourth-order valence-electron chi connectivity index (χ4n) is 6.34. The fraction of sp³-hybridized carbons (Fsp3) is 0.244. The van der Waals surface area contributed by atoms with Gasteiger partial charge in [0.05, 0.1) is 9.79 Å². The average molecular weight is 660 g/mol. The summed E-state index contributed by atoms with van der Waals surface area (Å²) in [6, 6.07) is 36.9. The molecule has 1 atom stereocenters. The summed E-state index contributed by atoms with van der Waals surface area (Å²) >= 11 is 0. The molecule has 0 bridgehead atoms. The zero-order valence-corrected chi connectivity index (χ0v) is 29.3. The second kappa shape index (κ2) is 12.0. The van der Waals surface area contributed by atoms with E-state index in [9.17, 15) is 13.2 Å². The van der Waals surface area contributed by atoms with E-state index >= 15 is 0 Å². The van der Waals surface area contributed by atoms with Gasteiger partial charge in [0.15, 0.2) is 0 Å². The van der Waals surface area contributed by atoms with Crippen molar-refractivity contribution in [1.29, 1.82) is 0 Å². The molecular weight excluding hydrogens is 619 g/mol. The number of ether oxygens (including phenoxy) is 2. The zero-order chi connectivity index (χ0) is 34.5. The molecule has 0 radical (unpaired) electrons. The van der Waals surface area contributed by atoms with Crippen LogP contribution in [0.3, 0.4) is 0 Å². The van der Waals surface area contributed by atoms with Crippen LogP contribution in [0.4, 0.5) is 0 Å². The van der Waals surface area contributed by atoms with E-state index in [0.717, 1.165) is 28.0 Å². The first-order chi connectivity index (χ1) is 22.6. The van der Waals surface area contributed by atoms with Gasteiger partial charge in [0, 0.05) is 12.6 Å². The van der Waals surface area contributed by atoms with Crippen LogP contribution in [-0.2, 0) is 20.8 Å². The van der Waals surface area contributed by atoms with Crippen molar-refractivity contribution in [2.45, 2.75) is 67.9 Å². The summed E-state index contributed by atoms with van der Waals surface area (Å²) in [6.07, 6.45) is 0. The van der Waals surface area contributed by atoms with Gasteiger partial charge in [0.1, 0.15) is 28.4 Å². The summed E-state index contributed by atoms with van der Waals surface area (Å²) in [6.45, 7) is 12.3. The molecule has 0 aromatic heterocycles. The smallest absolute Gasteiger partial charge is 0.255 e. The molecule has 0 fully saturated rings. The largest absolute Gasteiger partial charge is 0.488 e. The first-order valence-corrected chi connectivity index (χ1v) is 17.5. The number of fused-ring (bicyclic) bond motifs is 1. The maximum Gasteiger partial charge on any atom is 0.255 e. The minimum Gasteiger partial charge on any atom is -0.488 e. The maximum absolute atomic E-state index is 13.6. The molecule has 0 saturated carbocycles. The number of carbonyl (C=O) groups is 1. The first kappa shape index (κ1) is 33.0. The predicted octanol–water partition coefficient (Wildman–Crippen LogP) is 9.16. The average Bonchev–Trinajstić information content (AvgIpc) is 3.27. The summed E-state index contributed by atoms with van der Waals surface area (Å²) in [5, 5.41) is 0. The number of nitrogens with zero attached hydrogens (tertiary/aromatic N) is 1. The Kier molecular flexibility index (Phi) is 8.24. The highest BCUT2D eigenvalue weighted by Crippen LogP contribution is 2.49. The topological polar surface area (TPSA) is 72.9 Å². The van der Waals surface area contributed by atoms with Crippen molar-refractivity contribution in [2.75, 3.05) is 7.05 Å². The summed E-state index contributed by atoms with van der Waals surface area (Å²) in [5.41, 5.74) is 3.20. The van der Waals surface area contributed by atoms with E-state index in [0.29, 0.717) is 17.1 Å². The van der Waals surface area contributed by atoms with Crippen LogP contribution < -0.4 is 9.47 Å². The van der Waals surface area contributed by atoms with Crippen molar-refractivity contribution >= 4 is 15.7 Å². The van der Waals surface area contributed by atoms with Crippen LogP contribution in [0, 0.1) is 0 Å². The summed E-state index contributed by atoms with van der Waals surface area (Å²) < 4.78 is 38.9. The number of carbonyl (C=O) groups excluding carboxylic acids is 1. The van der Waals surface area contributed by atoms with Crippen molar-refractivity contribution < 1.29 is 22.7 Å². The molecule has 0 aliphatic carbocycles. The zero-order valence-electron chi connectivity index (χ0n) is 28.4. The van der Waals surface area contributed by atoms with Crippen LogP contribution >= 0.6 is 0 Å². The van der Waals surface area contributed by atoms with Crippen LogP contribution in [-0.4, -0.2) is 31.9 Å². The standard InChI is InChI=1S/C41H41NO5S/c1-39(2,3)28-16-24-34(25-17-28)48(44,45)35-26-22-32(23-27-35)46-31-18-12-29(13-19-31)41(30-14-20-33(21-15-30)47-40(4,5)6)37-11-9-8-10-36(37)38(43)42(41)7/h8-27H,1-7H3. The molecule has 6 nitrogen and oxygen atoms in total. The number of hydrogen-bond donors (Lipinski definition) is 0. The molecule has 5 aromatic carbocycles. The molecule has 6 rings (SSSR count). The van der Waals surface area contributed by atoms with Crippen molar-refractivity contribution in [2.24, 2.45) is 0 Å². The Bertz CT molecular complexity index is 2050. The number of hydrogen-bond acceptors (Lipinski definition) is 5. The SMILES string of the molecule is CN1C(=O)c2ccccc2C1(c1ccc(Oc2ccc(S(=O)(=O)c3ccc(C(C)(C)C)cc3)cc2)cc1)c1ccc(OC(C)(C)C)cc1. The summed E-state index contributed by atoms with van der Waals surface area (Å²) in [4.78, 5) is 15.8. The molecule has 1 amide bonds. The second-order valence-electron chi connectivity index (χ2n) is 14.2. The number of amides is 1. The Balaban J connectivity index is 1.29. The van der Waals surface area contributed by atoms with Crippen molar-refractivity contribution in [1.82, 2.24) is 4.90 Å². The molecule has 1 unspecified atom stereocenters. The maximum atomic E-state index is 13.6. The molecule has 1 aliphatic heterocycles.